The van der Waals surface area contributed by atoms with Gasteiger partial charge in [-0.05, 0) is 140 Å². The Kier molecular flexibility index (Phi) is 9.17. The number of fused-ring (bicyclic) bond motifs is 7. The fourth-order valence-electron chi connectivity index (χ4n) is 12.9. The first kappa shape index (κ1) is 34.3. The molecule has 1 aromatic rings. The monoisotopic (exact) mass is 677 g/mol. The van der Waals surface area contributed by atoms with Gasteiger partial charge in [0.05, 0.1) is 5.56 Å². The minimum Gasteiger partial charge on any atom is -0.478 e. The van der Waals surface area contributed by atoms with Gasteiger partial charge in [-0.15, -0.1) is 0 Å². The average molecular weight is 678 g/mol. The van der Waals surface area contributed by atoms with Crippen LogP contribution >= 0.6 is 0 Å². The molecule has 264 valence electrons. The van der Waals surface area contributed by atoms with Crippen LogP contribution in [0.15, 0.2) is 30.3 Å². The van der Waals surface area contributed by atoms with E-state index in [9.17, 15) is 18.9 Å². The van der Waals surface area contributed by atoms with E-state index in [1.54, 1.807) is 12.1 Å². The number of hydrogen-bond acceptors (Lipinski definition) is 4. The van der Waals surface area contributed by atoms with Crippen LogP contribution in [-0.4, -0.2) is 69.4 Å². The van der Waals surface area contributed by atoms with Crippen molar-refractivity contribution in [1.82, 2.24) is 15.5 Å². The largest absolute Gasteiger partial charge is 0.478 e. The van der Waals surface area contributed by atoms with Crippen molar-refractivity contribution in [2.24, 2.45) is 45.8 Å². The van der Waals surface area contributed by atoms with Crippen LogP contribution in [-0.2, 0) is 10.8 Å². The maximum atomic E-state index is 13.4. The minimum absolute atomic E-state index is 0.0227. The van der Waals surface area contributed by atoms with Crippen LogP contribution in [0.3, 0.4) is 0 Å². The lowest BCUT2D eigenvalue weighted by Crippen LogP contribution is -2.67. The fraction of sp³-hybridized carbons (Fsp3) is 0.750. The first-order valence-corrected chi connectivity index (χ1v) is 20.6. The molecule has 2 amide bonds. The van der Waals surface area contributed by atoms with Crippen LogP contribution in [0.4, 0.5) is 4.79 Å². The van der Waals surface area contributed by atoms with Crippen molar-refractivity contribution in [2.75, 3.05) is 37.7 Å². The van der Waals surface area contributed by atoms with Crippen LogP contribution in [0.5, 0.6) is 0 Å². The van der Waals surface area contributed by atoms with Gasteiger partial charge in [0.1, 0.15) is 0 Å². The molecule has 8 unspecified atom stereocenters. The van der Waals surface area contributed by atoms with Crippen molar-refractivity contribution in [2.45, 2.75) is 104 Å². The summed E-state index contributed by atoms with van der Waals surface area (Å²) in [6.45, 7) is 13.8. The maximum absolute atomic E-state index is 13.4. The molecule has 4 saturated carbocycles. The van der Waals surface area contributed by atoms with Crippen LogP contribution in [0, 0.1) is 45.8 Å². The predicted octanol–water partition coefficient (Wildman–Crippen LogP) is 7.35. The number of rotatable bonds is 7. The molecule has 0 aromatic heterocycles. The molecule has 1 saturated heterocycles. The maximum Gasteiger partial charge on any atom is 0.335 e. The van der Waals surface area contributed by atoms with E-state index in [0.29, 0.717) is 41.7 Å². The molecule has 7 nitrogen and oxygen atoms in total. The van der Waals surface area contributed by atoms with Crippen molar-refractivity contribution in [3.05, 3.63) is 41.5 Å². The Hall–Kier alpha value is -2.19. The third-order valence-electron chi connectivity index (χ3n) is 15.6. The molecule has 8 heteroatoms. The van der Waals surface area contributed by atoms with Crippen LogP contribution in [0.1, 0.15) is 114 Å². The molecule has 6 aliphatic rings. The Morgan fingerprint density at radius 1 is 0.917 bits per heavy atom. The smallest absolute Gasteiger partial charge is 0.335 e. The number of carbonyl (C=O) groups excluding carboxylic acids is 1. The van der Waals surface area contributed by atoms with Crippen molar-refractivity contribution in [1.29, 1.82) is 0 Å². The Labute approximate surface area is 290 Å². The van der Waals surface area contributed by atoms with Gasteiger partial charge in [-0.1, -0.05) is 52.3 Å². The van der Waals surface area contributed by atoms with Gasteiger partial charge in [0.2, 0.25) is 0 Å². The summed E-state index contributed by atoms with van der Waals surface area (Å²) in [6.07, 6.45) is 15.5. The molecule has 5 fully saturated rings. The SMILES string of the molecule is CC1C(c2ccc(C(=O)O)cc2)=CCC2(C)C1CCC1(C)C2CCC2C3CCCC3(NC(=O)NCCCN3CCS(=O)CC3)CC[C@]21C. The lowest BCUT2D eigenvalue weighted by atomic mass is 9.34. The number of carboxylic acids is 1. The Morgan fingerprint density at radius 2 is 1.67 bits per heavy atom. The van der Waals surface area contributed by atoms with Gasteiger partial charge >= 0.3 is 12.0 Å². The third kappa shape index (κ3) is 5.59. The molecule has 5 aliphatic carbocycles. The second-order valence-corrected chi connectivity index (χ2v) is 19.0. The van der Waals surface area contributed by atoms with Gasteiger partial charge < -0.3 is 20.6 Å². The number of benzene rings is 1. The Morgan fingerprint density at radius 3 is 2.40 bits per heavy atom. The highest BCUT2D eigenvalue weighted by atomic mass is 32.2. The van der Waals surface area contributed by atoms with E-state index in [-0.39, 0.29) is 27.8 Å². The van der Waals surface area contributed by atoms with Crippen molar-refractivity contribution in [3.63, 3.8) is 0 Å². The predicted molar refractivity (Wildman–Crippen MR) is 193 cm³/mol. The quantitative estimate of drug-likeness (QED) is 0.262. The summed E-state index contributed by atoms with van der Waals surface area (Å²) >= 11 is 0. The van der Waals surface area contributed by atoms with Crippen LogP contribution < -0.4 is 10.6 Å². The van der Waals surface area contributed by atoms with Crippen molar-refractivity contribution < 1.29 is 18.9 Å². The van der Waals surface area contributed by atoms with E-state index < -0.39 is 16.8 Å². The summed E-state index contributed by atoms with van der Waals surface area (Å²) in [5, 5.41) is 16.2. The Balaban J connectivity index is 1.03. The number of nitrogens with zero attached hydrogens (tertiary/aromatic N) is 1. The van der Waals surface area contributed by atoms with Crippen LogP contribution in [0.25, 0.3) is 5.57 Å². The number of carboxylic acid groups (broad SMARTS) is 1. The number of hydrogen-bond donors (Lipinski definition) is 3. The molecule has 9 atom stereocenters. The highest BCUT2D eigenvalue weighted by Crippen LogP contribution is 2.75. The number of carbonyl (C=O) groups is 2. The van der Waals surface area contributed by atoms with Gasteiger partial charge in [-0.25, -0.2) is 9.59 Å². The summed E-state index contributed by atoms with van der Waals surface area (Å²) in [6, 6.07) is 7.56. The molecule has 1 aliphatic heterocycles. The van der Waals surface area contributed by atoms with Gasteiger partial charge in [0, 0.05) is 47.5 Å². The molecule has 1 heterocycles. The number of allylic oxidation sites excluding steroid dienone is 2. The highest BCUT2D eigenvalue weighted by Gasteiger charge is 2.68. The zero-order valence-electron chi connectivity index (χ0n) is 29.8. The molecule has 0 radical (unpaired) electrons. The lowest BCUT2D eigenvalue weighted by Gasteiger charge is -2.71. The normalized spacial score (nSPS) is 41.2. The zero-order chi connectivity index (χ0) is 33.9. The Bertz CT molecular complexity index is 1450. The summed E-state index contributed by atoms with van der Waals surface area (Å²) in [7, 11) is -0.648. The number of nitrogens with one attached hydrogen (secondary N) is 2. The van der Waals surface area contributed by atoms with Crippen LogP contribution in [0.2, 0.25) is 0 Å². The topological polar surface area (TPSA) is 98.7 Å². The molecule has 0 spiro atoms. The van der Waals surface area contributed by atoms with E-state index in [0.717, 1.165) is 56.8 Å². The number of aromatic carboxylic acids is 1. The lowest BCUT2D eigenvalue weighted by molar-refractivity contribution is -0.210. The fourth-order valence-corrected chi connectivity index (χ4v) is 14.0. The van der Waals surface area contributed by atoms with E-state index in [1.165, 1.54) is 56.1 Å². The number of urea groups is 1. The van der Waals surface area contributed by atoms with E-state index in [1.807, 2.05) is 12.1 Å². The van der Waals surface area contributed by atoms with Crippen molar-refractivity contribution in [3.8, 4) is 0 Å². The first-order chi connectivity index (χ1) is 22.9. The summed E-state index contributed by atoms with van der Waals surface area (Å²) < 4.78 is 11.7. The number of amides is 2. The van der Waals surface area contributed by atoms with Gasteiger partial charge in [-0.3, -0.25) is 4.21 Å². The van der Waals surface area contributed by atoms with Gasteiger partial charge in [0.15, 0.2) is 0 Å². The molecule has 48 heavy (non-hydrogen) atoms. The molecule has 7 rings (SSSR count). The molecule has 3 N–H and O–H groups in total. The van der Waals surface area contributed by atoms with E-state index in [2.05, 4.69) is 49.3 Å². The molecular weight excluding hydrogens is 619 g/mol. The summed E-state index contributed by atoms with van der Waals surface area (Å²) in [5.41, 5.74) is 3.69. The molecular formula is C40H59N3O4S. The zero-order valence-corrected chi connectivity index (χ0v) is 30.6. The summed E-state index contributed by atoms with van der Waals surface area (Å²) in [5.74, 6) is 3.68. The van der Waals surface area contributed by atoms with Gasteiger partial charge in [0.25, 0.3) is 0 Å². The second kappa shape index (κ2) is 12.9. The molecule has 1 aromatic carbocycles. The standard InChI is InChI=1S/C40H59N3O4S/c1-27-30(28-8-10-29(11-9-28)35(44)45)14-17-37(2)31(27)15-18-39(4)34(37)13-12-32-33-7-5-16-40(33,20-19-38(32,39)3)42-36(46)41-21-6-22-43-23-25-48(47)26-24-43/h8-11,14,27,31-34H,5-7,12-13,15-26H2,1-4H3,(H,44,45)(H2,41,42,46)/t27?,31?,32?,33?,34?,37?,38-,39?,40?/m1/s1. The first-order valence-electron chi connectivity index (χ1n) is 19.1. The second-order valence-electron chi connectivity index (χ2n) is 17.3. The third-order valence-corrected chi connectivity index (χ3v) is 16.9. The van der Waals surface area contributed by atoms with Crippen molar-refractivity contribution >= 4 is 28.4 Å². The van der Waals surface area contributed by atoms with Gasteiger partial charge in [-0.2, -0.15) is 0 Å². The minimum atomic E-state index is -0.868. The average Bonchev–Trinajstić information content (AvgIpc) is 3.48. The van der Waals surface area contributed by atoms with E-state index >= 15 is 0 Å². The summed E-state index contributed by atoms with van der Waals surface area (Å²) in [4.78, 5) is 27.2. The van der Waals surface area contributed by atoms with E-state index in [4.69, 9.17) is 0 Å². The highest BCUT2D eigenvalue weighted by molar-refractivity contribution is 7.85. The molecule has 0 bridgehead atoms.